The fourth-order valence-corrected chi connectivity index (χ4v) is 3.61. The number of hydrogen-bond donors (Lipinski definition) is 2. The lowest BCUT2D eigenvalue weighted by atomic mass is 9.97. The predicted molar refractivity (Wildman–Crippen MR) is 129 cm³/mol. The van der Waals surface area contributed by atoms with Gasteiger partial charge < -0.3 is 10.6 Å². The van der Waals surface area contributed by atoms with Crippen LogP contribution in [0, 0.1) is 12.7 Å². The molecule has 2 aromatic carbocycles. The van der Waals surface area contributed by atoms with Gasteiger partial charge in [-0.3, -0.25) is 14.6 Å². The van der Waals surface area contributed by atoms with Crippen molar-refractivity contribution < 1.29 is 27.2 Å². The van der Waals surface area contributed by atoms with Gasteiger partial charge in [0.15, 0.2) is 0 Å². The molecule has 0 fully saturated rings. The molecule has 37 heavy (non-hydrogen) atoms. The summed E-state index contributed by atoms with van der Waals surface area (Å²) < 4.78 is 53.6. The number of rotatable bonds is 5. The predicted octanol–water partition coefficient (Wildman–Crippen LogP) is 5.88. The maximum Gasteiger partial charge on any atom is 0.433 e. The topological polar surface area (TPSA) is 96.9 Å². The Kier molecular flexibility index (Phi) is 6.96. The Balaban J connectivity index is 1.66. The molecule has 7 nitrogen and oxygen atoms in total. The molecule has 0 saturated heterocycles. The standard InChI is InChI=1S/C26H19F4N5O2/c1-14-8-20(27)22(35-25(37)18-6-7-31-23(10-18)26(28,29)30)11-19(14)16-4-3-5-17(9-16)21-12-24(33-13-32-21)34-15(2)36/h3-13H,1-2H3,(H,35,37)(H,32,33,34,36). The van der Waals surface area contributed by atoms with E-state index in [1.807, 2.05) is 0 Å². The second-order valence-corrected chi connectivity index (χ2v) is 8.08. The molecule has 0 atom stereocenters. The van der Waals surface area contributed by atoms with E-state index < -0.39 is 23.6 Å². The van der Waals surface area contributed by atoms with Crippen LogP contribution in [0.5, 0.6) is 0 Å². The van der Waals surface area contributed by atoms with E-state index in [0.717, 1.165) is 12.3 Å². The largest absolute Gasteiger partial charge is 0.433 e. The summed E-state index contributed by atoms with van der Waals surface area (Å²) in [6, 6.07) is 13.1. The SMILES string of the molecule is CC(=O)Nc1cc(-c2cccc(-c3cc(NC(=O)c4ccnc(C(F)(F)F)c4)c(F)cc3C)c2)ncn1. The fraction of sp³-hybridized carbons (Fsp3) is 0.115. The Hall–Kier alpha value is -4.67. The third kappa shape index (κ3) is 5.95. The third-order valence-electron chi connectivity index (χ3n) is 5.32. The number of halogens is 4. The van der Waals surface area contributed by atoms with E-state index in [0.29, 0.717) is 39.8 Å². The highest BCUT2D eigenvalue weighted by atomic mass is 19.4. The van der Waals surface area contributed by atoms with Crippen LogP contribution in [0.2, 0.25) is 0 Å². The molecular weight excluding hydrogens is 490 g/mol. The van der Waals surface area contributed by atoms with Crippen LogP contribution in [-0.4, -0.2) is 26.8 Å². The van der Waals surface area contributed by atoms with Crippen molar-refractivity contribution in [2.75, 3.05) is 10.6 Å². The molecular formula is C26H19F4N5O2. The zero-order valence-corrected chi connectivity index (χ0v) is 19.5. The summed E-state index contributed by atoms with van der Waals surface area (Å²) in [6.45, 7) is 3.05. The van der Waals surface area contributed by atoms with E-state index in [-0.39, 0.29) is 17.2 Å². The Morgan fingerprint density at radius 2 is 1.65 bits per heavy atom. The van der Waals surface area contributed by atoms with Gasteiger partial charge in [-0.25, -0.2) is 14.4 Å². The van der Waals surface area contributed by atoms with Crippen molar-refractivity contribution in [1.29, 1.82) is 0 Å². The van der Waals surface area contributed by atoms with E-state index in [9.17, 15) is 27.2 Å². The summed E-state index contributed by atoms with van der Waals surface area (Å²) in [7, 11) is 0. The van der Waals surface area contributed by atoms with E-state index in [2.05, 4.69) is 25.6 Å². The fourth-order valence-electron chi connectivity index (χ4n) is 3.61. The minimum atomic E-state index is -4.73. The second kappa shape index (κ2) is 10.1. The number of pyridine rings is 1. The molecule has 0 bridgehead atoms. The van der Waals surface area contributed by atoms with Gasteiger partial charge in [-0.2, -0.15) is 13.2 Å². The molecule has 2 aromatic heterocycles. The smallest absolute Gasteiger partial charge is 0.319 e. The summed E-state index contributed by atoms with van der Waals surface area (Å²) in [5.41, 5.74) is 1.31. The van der Waals surface area contributed by atoms with Crippen molar-refractivity contribution in [3.8, 4) is 22.4 Å². The molecule has 0 saturated carbocycles. The highest BCUT2D eigenvalue weighted by Gasteiger charge is 2.33. The molecule has 188 valence electrons. The third-order valence-corrected chi connectivity index (χ3v) is 5.32. The summed E-state index contributed by atoms with van der Waals surface area (Å²) in [5.74, 6) is -1.61. The summed E-state index contributed by atoms with van der Waals surface area (Å²) in [4.78, 5) is 35.4. The average molecular weight is 509 g/mol. The molecule has 0 radical (unpaired) electrons. The number of hydrogen-bond acceptors (Lipinski definition) is 5. The number of carbonyl (C=O) groups excluding carboxylic acids is 2. The number of amides is 2. The van der Waals surface area contributed by atoms with Gasteiger partial charge in [0.1, 0.15) is 23.7 Å². The molecule has 0 spiro atoms. The number of anilines is 2. The first-order valence-electron chi connectivity index (χ1n) is 10.9. The van der Waals surface area contributed by atoms with Gasteiger partial charge >= 0.3 is 6.18 Å². The van der Waals surface area contributed by atoms with Crippen molar-refractivity contribution >= 4 is 23.3 Å². The Labute approximate surface area is 208 Å². The Morgan fingerprint density at radius 1 is 0.892 bits per heavy atom. The van der Waals surface area contributed by atoms with Gasteiger partial charge in [-0.1, -0.05) is 18.2 Å². The lowest BCUT2D eigenvalue weighted by molar-refractivity contribution is -0.141. The van der Waals surface area contributed by atoms with Crippen molar-refractivity contribution in [3.63, 3.8) is 0 Å². The van der Waals surface area contributed by atoms with E-state index in [1.54, 1.807) is 37.3 Å². The molecule has 0 aliphatic carbocycles. The summed E-state index contributed by atoms with van der Waals surface area (Å²) in [6.07, 6.45) is -2.55. The molecule has 4 aromatic rings. The zero-order chi connectivity index (χ0) is 26.7. The van der Waals surface area contributed by atoms with E-state index >= 15 is 0 Å². The van der Waals surface area contributed by atoms with Crippen LogP contribution >= 0.6 is 0 Å². The number of nitrogens with one attached hydrogen (secondary N) is 2. The molecule has 4 rings (SSSR count). The van der Waals surface area contributed by atoms with Gasteiger partial charge in [-0.15, -0.1) is 0 Å². The van der Waals surface area contributed by atoms with Crippen LogP contribution in [-0.2, 0) is 11.0 Å². The average Bonchev–Trinajstić information content (AvgIpc) is 2.85. The number of aromatic nitrogens is 3. The number of alkyl halides is 3. The Bertz CT molecular complexity index is 1500. The van der Waals surface area contributed by atoms with E-state index in [4.69, 9.17) is 0 Å². The van der Waals surface area contributed by atoms with Gasteiger partial charge in [0.05, 0.1) is 11.4 Å². The molecule has 0 aliphatic rings. The highest BCUT2D eigenvalue weighted by Crippen LogP contribution is 2.32. The maximum atomic E-state index is 14.7. The monoisotopic (exact) mass is 509 g/mol. The van der Waals surface area contributed by atoms with Crippen LogP contribution in [0.4, 0.5) is 29.1 Å². The molecule has 2 heterocycles. The first-order valence-corrected chi connectivity index (χ1v) is 10.9. The highest BCUT2D eigenvalue weighted by molar-refractivity contribution is 6.04. The van der Waals surface area contributed by atoms with Gasteiger partial charge in [0.2, 0.25) is 5.91 Å². The molecule has 0 aliphatic heterocycles. The summed E-state index contributed by atoms with van der Waals surface area (Å²) in [5, 5.41) is 4.93. The second-order valence-electron chi connectivity index (χ2n) is 8.08. The number of carbonyl (C=O) groups is 2. The number of aryl methyl sites for hydroxylation is 1. The quantitative estimate of drug-likeness (QED) is 0.328. The number of nitrogens with zero attached hydrogens (tertiary/aromatic N) is 3. The van der Waals surface area contributed by atoms with Gasteiger partial charge in [0, 0.05) is 30.3 Å². The maximum absolute atomic E-state index is 14.7. The van der Waals surface area contributed by atoms with Gasteiger partial charge in [0.25, 0.3) is 5.91 Å². The van der Waals surface area contributed by atoms with Crippen LogP contribution in [0.15, 0.2) is 67.1 Å². The molecule has 0 unspecified atom stereocenters. The van der Waals surface area contributed by atoms with Crippen LogP contribution in [0.1, 0.15) is 28.5 Å². The van der Waals surface area contributed by atoms with Crippen LogP contribution in [0.25, 0.3) is 22.4 Å². The zero-order valence-electron chi connectivity index (χ0n) is 19.5. The molecule has 2 N–H and O–H groups in total. The summed E-state index contributed by atoms with van der Waals surface area (Å²) >= 11 is 0. The van der Waals surface area contributed by atoms with E-state index in [1.165, 1.54) is 25.4 Å². The van der Waals surface area contributed by atoms with Crippen molar-refractivity contribution in [1.82, 2.24) is 15.0 Å². The van der Waals surface area contributed by atoms with Gasteiger partial charge in [-0.05, 0) is 53.9 Å². The van der Waals surface area contributed by atoms with Crippen molar-refractivity contribution in [2.24, 2.45) is 0 Å². The minimum absolute atomic E-state index is 0.198. The first kappa shape index (κ1) is 25.4. The lowest BCUT2D eigenvalue weighted by Crippen LogP contribution is -2.16. The first-order chi connectivity index (χ1) is 17.5. The van der Waals surface area contributed by atoms with Crippen LogP contribution in [0.3, 0.4) is 0 Å². The molecule has 11 heteroatoms. The van der Waals surface area contributed by atoms with Crippen LogP contribution < -0.4 is 10.6 Å². The van der Waals surface area contributed by atoms with Crippen molar-refractivity contribution in [3.05, 3.63) is 89.8 Å². The minimum Gasteiger partial charge on any atom is -0.319 e. The lowest BCUT2D eigenvalue weighted by Gasteiger charge is -2.13. The molecule has 2 amide bonds. The Morgan fingerprint density at radius 3 is 2.38 bits per heavy atom. The normalized spacial score (nSPS) is 11.2. The number of benzene rings is 2. The van der Waals surface area contributed by atoms with Crippen molar-refractivity contribution in [2.45, 2.75) is 20.0 Å².